The maximum Gasteiger partial charge on any atom is 0.123 e. The molecule has 0 fully saturated rings. The van der Waals surface area contributed by atoms with Gasteiger partial charge in [-0.05, 0) is 35.2 Å². The van der Waals surface area contributed by atoms with Gasteiger partial charge in [-0.15, -0.1) is 5.53 Å². The van der Waals surface area contributed by atoms with E-state index < -0.39 is 11.8 Å². The fourth-order valence-corrected chi connectivity index (χ4v) is 3.68. The van der Waals surface area contributed by atoms with Crippen molar-refractivity contribution in [2.45, 2.75) is 26.8 Å². The van der Waals surface area contributed by atoms with Crippen molar-refractivity contribution in [1.82, 2.24) is 21.0 Å². The van der Waals surface area contributed by atoms with Crippen LogP contribution < -0.4 is 21.6 Å². The van der Waals surface area contributed by atoms with Crippen LogP contribution >= 0.6 is 0 Å². The minimum atomic E-state index is -1.56. The third kappa shape index (κ3) is 5.26. The summed E-state index contributed by atoms with van der Waals surface area (Å²) >= 11 is 0. The van der Waals surface area contributed by atoms with Gasteiger partial charge in [0.2, 0.25) is 0 Å². The highest BCUT2D eigenvalue weighted by atomic mass is 19.1. The predicted octanol–water partition coefficient (Wildman–Crippen LogP) is 4.52. The van der Waals surface area contributed by atoms with Gasteiger partial charge in [0.05, 0.1) is 35.4 Å². The molecule has 4 N–H and O–H groups in total. The van der Waals surface area contributed by atoms with Crippen molar-refractivity contribution in [3.63, 3.8) is 0 Å². The van der Waals surface area contributed by atoms with Gasteiger partial charge in [0.15, 0.2) is 0 Å². The number of benzene rings is 2. The van der Waals surface area contributed by atoms with Gasteiger partial charge in [-0.3, -0.25) is 9.99 Å². The number of nitriles is 2. The molecule has 0 radical (unpaired) electrons. The number of nitrogens with one attached hydrogen (secondary N) is 4. The molecule has 0 amide bonds. The number of fused-ring (bicyclic) bond motifs is 1. The largest absolute Gasteiger partial charge is 0.383 e. The molecule has 0 bridgehead atoms. The molecule has 2 heterocycles. The molecule has 4 rings (SSSR count). The number of anilines is 2. The number of hydrazine groups is 2. The van der Waals surface area contributed by atoms with E-state index in [-0.39, 0.29) is 5.41 Å². The molecular weight excluding hydrogens is 443 g/mol. The number of rotatable bonds is 6. The first-order chi connectivity index (χ1) is 17.0. The zero-order chi connectivity index (χ0) is 26.1. The van der Waals surface area contributed by atoms with Crippen molar-refractivity contribution in [3.8, 4) is 12.1 Å². The Morgan fingerprint density at radius 2 is 1.89 bits per heavy atom. The lowest BCUT2D eigenvalue weighted by Gasteiger charge is -2.23. The second-order valence-electron chi connectivity index (χ2n) is 9.50. The van der Waals surface area contributed by atoms with E-state index in [1.165, 1.54) is 30.5 Å². The molecule has 0 spiro atoms. The van der Waals surface area contributed by atoms with Gasteiger partial charge < -0.3 is 16.1 Å². The van der Waals surface area contributed by atoms with E-state index in [9.17, 15) is 16.3 Å². The van der Waals surface area contributed by atoms with Crippen molar-refractivity contribution < 1.29 is 5.76 Å². The smallest absolute Gasteiger partial charge is 0.123 e. The summed E-state index contributed by atoms with van der Waals surface area (Å²) in [6.45, 7) is 6.82. The van der Waals surface area contributed by atoms with Crippen LogP contribution in [0.3, 0.4) is 0 Å². The fourth-order valence-electron chi connectivity index (χ4n) is 3.68. The highest BCUT2D eigenvalue weighted by Crippen LogP contribution is 2.34. The maximum atomic E-state index is 13.7. The van der Waals surface area contributed by atoms with Gasteiger partial charge in [-0.25, -0.2) is 4.39 Å². The van der Waals surface area contributed by atoms with Crippen molar-refractivity contribution >= 4 is 22.3 Å². The predicted molar refractivity (Wildman–Crippen MR) is 134 cm³/mol. The number of nitrogens with zero attached hydrogens (tertiary/aromatic N) is 4. The highest BCUT2D eigenvalue weighted by molar-refractivity contribution is 5.99. The molecule has 1 aliphatic rings. The zero-order valence-corrected chi connectivity index (χ0v) is 20.0. The molecule has 1 aromatic heterocycles. The summed E-state index contributed by atoms with van der Waals surface area (Å²) in [4.78, 5) is 4.38. The third-order valence-electron chi connectivity index (χ3n) is 5.37. The van der Waals surface area contributed by atoms with Crippen LogP contribution in [-0.4, -0.2) is 23.6 Å². The molecule has 178 valence electrons. The summed E-state index contributed by atoms with van der Waals surface area (Å²) in [5.41, 5.74) is 8.90. The topological polar surface area (TPSA) is 112 Å². The first-order valence-corrected chi connectivity index (χ1v) is 11.1. The summed E-state index contributed by atoms with van der Waals surface area (Å²) < 4.78 is 23.1. The molecule has 1 aliphatic heterocycles. The van der Waals surface area contributed by atoms with Crippen LogP contribution in [0.15, 0.2) is 54.5 Å². The minimum Gasteiger partial charge on any atom is -0.383 e. The normalized spacial score (nSPS) is 15.3. The van der Waals surface area contributed by atoms with Crippen molar-refractivity contribution in [2.24, 2.45) is 5.41 Å². The zero-order valence-electron chi connectivity index (χ0n) is 21.0. The first-order valence-electron chi connectivity index (χ1n) is 11.6. The highest BCUT2D eigenvalue weighted by Gasteiger charge is 2.23. The van der Waals surface area contributed by atoms with Gasteiger partial charge in [0, 0.05) is 37.1 Å². The monoisotopic (exact) mass is 471 g/mol. The molecule has 8 nitrogen and oxygen atoms in total. The second-order valence-corrected chi connectivity index (χ2v) is 9.50. The number of halogens is 1. The second kappa shape index (κ2) is 9.49. The fraction of sp³-hybridized carbons (Fsp3) is 0.269. The lowest BCUT2D eigenvalue weighted by molar-refractivity contribution is 0.326. The van der Waals surface area contributed by atoms with Crippen molar-refractivity contribution in [1.29, 1.82) is 10.5 Å². The van der Waals surface area contributed by atoms with E-state index in [1.807, 2.05) is 0 Å². The Hall–Kier alpha value is -4.34. The summed E-state index contributed by atoms with van der Waals surface area (Å²) in [5, 5.41) is 28.4. The Bertz CT molecular complexity index is 1420. The number of pyridine rings is 1. The quantitative estimate of drug-likeness (QED) is 0.415. The van der Waals surface area contributed by atoms with Crippen LogP contribution in [0.4, 0.5) is 15.8 Å². The van der Waals surface area contributed by atoms with E-state index in [1.54, 1.807) is 30.4 Å². The summed E-state index contributed by atoms with van der Waals surface area (Å²) in [6, 6.07) is 11.9. The Labute approximate surface area is 205 Å². The number of hydrogen-bond acceptors (Lipinski definition) is 8. The molecule has 0 aliphatic carbocycles. The van der Waals surface area contributed by atoms with Gasteiger partial charge >= 0.3 is 0 Å². The summed E-state index contributed by atoms with van der Waals surface area (Å²) in [7, 11) is 1.77. The molecule has 0 saturated heterocycles. The van der Waals surface area contributed by atoms with Gasteiger partial charge in [0.1, 0.15) is 18.0 Å². The average molecular weight is 472 g/mol. The lowest BCUT2D eigenvalue weighted by atomic mass is 9.96. The molecule has 9 heteroatoms. The molecule has 35 heavy (non-hydrogen) atoms. The third-order valence-corrected chi connectivity index (χ3v) is 5.37. The van der Waals surface area contributed by atoms with Gasteiger partial charge in [-0.2, -0.15) is 10.5 Å². The maximum absolute atomic E-state index is 13.7. The molecule has 2 aromatic carbocycles. The van der Waals surface area contributed by atoms with E-state index in [2.05, 4.69) is 59.5 Å². The Balaban J connectivity index is 1.88. The minimum absolute atomic E-state index is 0.0607. The van der Waals surface area contributed by atoms with E-state index >= 15 is 0 Å². The molecular formula is C26H27FN8. The van der Waals surface area contributed by atoms with Crippen LogP contribution in [0.25, 0.3) is 10.9 Å². The average Bonchev–Trinajstić information content (AvgIpc) is 3.28. The van der Waals surface area contributed by atoms with Crippen LogP contribution in [0.5, 0.6) is 0 Å². The van der Waals surface area contributed by atoms with Crippen LogP contribution in [0, 0.1) is 33.9 Å². The summed E-state index contributed by atoms with van der Waals surface area (Å²) in [6.07, 6.45) is 3.17. The SMILES string of the molecule is [2H]C(Nc1cc(C#N)c2ncc(C#N)c(NCC(C)(C)C)c2c1)(C1=CN(C)NN1)c1ccc(F)cc1. The van der Waals surface area contributed by atoms with Gasteiger partial charge in [-0.1, -0.05) is 32.9 Å². The Kier molecular flexibility index (Phi) is 6.09. The molecule has 3 aromatic rings. The molecule has 1 atom stereocenters. The molecule has 1 unspecified atom stereocenters. The Morgan fingerprint density at radius 3 is 2.49 bits per heavy atom. The summed E-state index contributed by atoms with van der Waals surface area (Å²) in [5.74, 6) is -0.410. The Morgan fingerprint density at radius 1 is 1.17 bits per heavy atom. The van der Waals surface area contributed by atoms with Gasteiger partial charge in [0.25, 0.3) is 0 Å². The standard InChI is InChI=1S/C26H27FN8/c1-26(2,3)15-31-24-18(12-29)13-30-23-17(11-28)9-20(10-21(23)24)32-25(22-14-35(4)34-33-22)16-5-7-19(27)8-6-16/h5-10,13-14,25,32-34H,15H2,1-4H3,(H,30,31)/i25D. The van der Waals surface area contributed by atoms with Crippen LogP contribution in [0.2, 0.25) is 0 Å². The lowest BCUT2D eigenvalue weighted by Crippen LogP contribution is -2.35. The van der Waals surface area contributed by atoms with Crippen LogP contribution in [-0.2, 0) is 0 Å². The van der Waals surface area contributed by atoms with Crippen LogP contribution in [0.1, 0.15) is 44.9 Å². The van der Waals surface area contributed by atoms with E-state index in [0.717, 1.165) is 0 Å². The van der Waals surface area contributed by atoms with Crippen molar-refractivity contribution in [3.05, 3.63) is 77.0 Å². The first kappa shape index (κ1) is 22.5. The number of aromatic nitrogens is 1. The molecule has 0 saturated carbocycles. The van der Waals surface area contributed by atoms with E-state index in [4.69, 9.17) is 0 Å². The van der Waals surface area contributed by atoms with E-state index in [0.29, 0.717) is 51.2 Å². The number of hydrogen-bond donors (Lipinski definition) is 4. The van der Waals surface area contributed by atoms with Crippen molar-refractivity contribution in [2.75, 3.05) is 24.2 Å².